The summed E-state index contributed by atoms with van der Waals surface area (Å²) in [6, 6.07) is 4.48. The van der Waals surface area contributed by atoms with Crippen LogP contribution in [0.3, 0.4) is 0 Å². The first-order valence-corrected chi connectivity index (χ1v) is 6.72. The second-order valence-electron chi connectivity index (χ2n) is 3.93. The molecule has 0 radical (unpaired) electrons. The standard InChI is InChI=1S/C13H7BrF3N3O/c14-4-9-6-19-12(20-7-9)21-11-2-1-8(5-18)3-10(11)13(15,16)17/h1-3,6-7H,4H2. The van der Waals surface area contributed by atoms with E-state index in [1.807, 2.05) is 0 Å². The Labute approximate surface area is 126 Å². The predicted molar refractivity (Wildman–Crippen MR) is 70.9 cm³/mol. The summed E-state index contributed by atoms with van der Waals surface area (Å²) in [7, 11) is 0. The van der Waals surface area contributed by atoms with Crippen molar-refractivity contribution in [2.45, 2.75) is 11.5 Å². The van der Waals surface area contributed by atoms with E-state index in [-0.39, 0.29) is 11.6 Å². The van der Waals surface area contributed by atoms with Gasteiger partial charge in [-0.2, -0.15) is 18.4 Å². The Kier molecular flexibility index (Phi) is 4.43. The van der Waals surface area contributed by atoms with E-state index >= 15 is 0 Å². The first-order valence-electron chi connectivity index (χ1n) is 5.60. The Bertz CT molecular complexity index is 681. The Morgan fingerprint density at radius 1 is 1.24 bits per heavy atom. The number of nitriles is 1. The second kappa shape index (κ2) is 6.10. The number of aromatic nitrogens is 2. The lowest BCUT2D eigenvalue weighted by Crippen LogP contribution is -2.08. The lowest BCUT2D eigenvalue weighted by molar-refractivity contribution is -0.138. The van der Waals surface area contributed by atoms with Crippen LogP contribution in [0.25, 0.3) is 0 Å². The molecule has 0 aliphatic carbocycles. The Balaban J connectivity index is 2.36. The lowest BCUT2D eigenvalue weighted by Gasteiger charge is -2.12. The third-order valence-corrected chi connectivity index (χ3v) is 3.10. The first-order chi connectivity index (χ1) is 9.94. The van der Waals surface area contributed by atoms with E-state index in [4.69, 9.17) is 10.00 Å². The minimum Gasteiger partial charge on any atom is -0.424 e. The molecule has 0 unspecified atom stereocenters. The summed E-state index contributed by atoms with van der Waals surface area (Å²) in [6.07, 6.45) is -1.76. The molecule has 0 bridgehead atoms. The monoisotopic (exact) mass is 357 g/mol. The number of nitrogens with zero attached hydrogens (tertiary/aromatic N) is 3. The van der Waals surface area contributed by atoms with E-state index in [1.165, 1.54) is 18.5 Å². The second-order valence-corrected chi connectivity index (χ2v) is 4.49. The highest BCUT2D eigenvalue weighted by molar-refractivity contribution is 9.08. The maximum atomic E-state index is 12.9. The lowest BCUT2D eigenvalue weighted by atomic mass is 10.1. The van der Waals surface area contributed by atoms with Crippen molar-refractivity contribution in [1.82, 2.24) is 9.97 Å². The molecular weight excluding hydrogens is 351 g/mol. The van der Waals surface area contributed by atoms with Crippen LogP contribution in [-0.4, -0.2) is 9.97 Å². The summed E-state index contributed by atoms with van der Waals surface area (Å²) in [5.74, 6) is -0.451. The molecule has 1 aromatic carbocycles. The molecule has 0 aliphatic heterocycles. The molecule has 0 saturated heterocycles. The van der Waals surface area contributed by atoms with Gasteiger partial charge >= 0.3 is 12.2 Å². The van der Waals surface area contributed by atoms with Gasteiger partial charge < -0.3 is 4.74 Å². The van der Waals surface area contributed by atoms with Gasteiger partial charge in [0.15, 0.2) is 0 Å². The average Bonchev–Trinajstić information content (AvgIpc) is 2.47. The van der Waals surface area contributed by atoms with Crippen molar-refractivity contribution >= 4 is 15.9 Å². The van der Waals surface area contributed by atoms with Gasteiger partial charge in [-0.15, -0.1) is 0 Å². The molecule has 2 rings (SSSR count). The molecule has 4 nitrogen and oxygen atoms in total. The van der Waals surface area contributed by atoms with Gasteiger partial charge in [-0.1, -0.05) is 15.9 Å². The zero-order valence-electron chi connectivity index (χ0n) is 10.4. The zero-order valence-corrected chi connectivity index (χ0v) is 11.9. The molecule has 0 aliphatic rings. The number of benzene rings is 1. The maximum Gasteiger partial charge on any atom is 0.420 e. The minimum absolute atomic E-state index is 0.106. The number of hydrogen-bond donors (Lipinski definition) is 0. The van der Waals surface area contributed by atoms with Gasteiger partial charge in [0, 0.05) is 17.7 Å². The largest absolute Gasteiger partial charge is 0.424 e. The van der Waals surface area contributed by atoms with E-state index in [1.54, 1.807) is 6.07 Å². The van der Waals surface area contributed by atoms with Crippen LogP contribution in [0, 0.1) is 11.3 Å². The highest BCUT2D eigenvalue weighted by Crippen LogP contribution is 2.38. The van der Waals surface area contributed by atoms with Crippen molar-refractivity contribution in [1.29, 1.82) is 5.26 Å². The molecule has 21 heavy (non-hydrogen) atoms. The number of rotatable bonds is 3. The van der Waals surface area contributed by atoms with Crippen LogP contribution in [-0.2, 0) is 11.5 Å². The zero-order chi connectivity index (χ0) is 15.5. The van der Waals surface area contributed by atoms with E-state index in [0.29, 0.717) is 5.33 Å². The van der Waals surface area contributed by atoms with Crippen LogP contribution >= 0.6 is 15.9 Å². The van der Waals surface area contributed by atoms with E-state index in [2.05, 4.69) is 25.9 Å². The van der Waals surface area contributed by atoms with E-state index in [0.717, 1.165) is 17.7 Å². The van der Waals surface area contributed by atoms with E-state index in [9.17, 15) is 13.2 Å². The molecule has 0 spiro atoms. The van der Waals surface area contributed by atoms with Gasteiger partial charge in [0.25, 0.3) is 0 Å². The van der Waals surface area contributed by atoms with Crippen molar-refractivity contribution in [3.8, 4) is 17.8 Å². The Morgan fingerprint density at radius 2 is 1.90 bits per heavy atom. The van der Waals surface area contributed by atoms with Crippen LogP contribution in [0.2, 0.25) is 0 Å². The fourth-order valence-electron chi connectivity index (χ4n) is 1.47. The number of ether oxygens (including phenoxy) is 1. The quantitative estimate of drug-likeness (QED) is 0.777. The summed E-state index contributed by atoms with van der Waals surface area (Å²) >= 11 is 3.20. The van der Waals surface area contributed by atoms with Crippen molar-refractivity contribution in [3.63, 3.8) is 0 Å². The highest BCUT2D eigenvalue weighted by Gasteiger charge is 2.35. The first kappa shape index (κ1) is 15.3. The van der Waals surface area contributed by atoms with Gasteiger partial charge in [-0.3, -0.25) is 0 Å². The molecule has 1 aromatic heterocycles. The van der Waals surface area contributed by atoms with Crippen LogP contribution in [0.1, 0.15) is 16.7 Å². The summed E-state index contributed by atoms with van der Waals surface area (Å²) in [4.78, 5) is 7.63. The molecule has 0 fully saturated rings. The molecule has 0 amide bonds. The number of alkyl halides is 4. The fraction of sp³-hybridized carbons (Fsp3) is 0.154. The molecule has 1 heterocycles. The molecule has 0 saturated carbocycles. The van der Waals surface area contributed by atoms with Gasteiger partial charge in [0.2, 0.25) is 0 Å². The number of halogens is 4. The molecular formula is C13H7BrF3N3O. The van der Waals surface area contributed by atoms with E-state index < -0.39 is 17.5 Å². The minimum atomic E-state index is -4.64. The molecule has 2 aromatic rings. The summed E-state index contributed by atoms with van der Waals surface area (Å²) < 4.78 is 43.9. The summed E-state index contributed by atoms with van der Waals surface area (Å²) in [6.45, 7) is 0. The highest BCUT2D eigenvalue weighted by atomic mass is 79.9. The van der Waals surface area contributed by atoms with Crippen molar-refractivity contribution < 1.29 is 17.9 Å². The van der Waals surface area contributed by atoms with Gasteiger partial charge in [0.05, 0.1) is 17.2 Å². The third kappa shape index (κ3) is 3.70. The molecule has 0 N–H and O–H groups in total. The summed E-state index contributed by atoms with van der Waals surface area (Å²) in [5, 5.41) is 9.20. The molecule has 8 heteroatoms. The molecule has 108 valence electrons. The topological polar surface area (TPSA) is 58.8 Å². The summed E-state index contributed by atoms with van der Waals surface area (Å²) in [5.41, 5.74) is -0.391. The Hall–Kier alpha value is -2.14. The van der Waals surface area contributed by atoms with Crippen molar-refractivity contribution in [2.24, 2.45) is 0 Å². The molecule has 0 atom stereocenters. The predicted octanol–water partition coefficient (Wildman–Crippen LogP) is 4.05. The van der Waals surface area contributed by atoms with Crippen LogP contribution in [0.15, 0.2) is 30.6 Å². The number of hydrogen-bond acceptors (Lipinski definition) is 4. The van der Waals surface area contributed by atoms with Crippen molar-refractivity contribution in [2.75, 3.05) is 0 Å². The van der Waals surface area contributed by atoms with Crippen LogP contribution < -0.4 is 4.74 Å². The SMILES string of the molecule is N#Cc1ccc(Oc2ncc(CBr)cn2)c(C(F)(F)F)c1. The van der Waals surface area contributed by atoms with Gasteiger partial charge in [-0.25, -0.2) is 9.97 Å². The van der Waals surface area contributed by atoms with Crippen molar-refractivity contribution in [3.05, 3.63) is 47.3 Å². The Morgan fingerprint density at radius 3 is 2.43 bits per heavy atom. The maximum absolute atomic E-state index is 12.9. The van der Waals surface area contributed by atoms with Gasteiger partial charge in [0.1, 0.15) is 5.75 Å². The van der Waals surface area contributed by atoms with Gasteiger partial charge in [-0.05, 0) is 23.8 Å². The third-order valence-electron chi connectivity index (χ3n) is 2.45. The fourth-order valence-corrected chi connectivity index (χ4v) is 1.76. The van der Waals surface area contributed by atoms with Crippen LogP contribution in [0.4, 0.5) is 13.2 Å². The smallest absolute Gasteiger partial charge is 0.420 e. The van der Waals surface area contributed by atoms with Crippen LogP contribution in [0.5, 0.6) is 11.8 Å². The normalized spacial score (nSPS) is 11.0. The average molecular weight is 358 g/mol.